The number of aromatic nitrogens is 2. The number of carbonyl (C=O) groups excluding carboxylic acids is 1. The molecule has 38 heavy (non-hydrogen) atoms. The molecule has 1 heterocycles. The van der Waals surface area contributed by atoms with E-state index >= 15 is 0 Å². The van der Waals surface area contributed by atoms with E-state index in [-0.39, 0.29) is 5.91 Å². The van der Waals surface area contributed by atoms with E-state index in [4.69, 9.17) is 14.5 Å². The third kappa shape index (κ3) is 7.03. The van der Waals surface area contributed by atoms with Gasteiger partial charge in [0.2, 0.25) is 0 Å². The molecule has 6 nitrogen and oxygen atoms in total. The molecule has 0 saturated heterocycles. The SMILES string of the molecule is C=CCc1ccc(OCCn2c(CCCCCNC(=O)c3ccc(C)cc3)nc3ccccc32)c(OC)c1. The fraction of sp³-hybridized carbons (Fsp3) is 0.312. The molecule has 0 fully saturated rings. The van der Waals surface area contributed by atoms with Crippen LogP contribution in [0.15, 0.2) is 79.4 Å². The Hall–Kier alpha value is -4.06. The first-order chi connectivity index (χ1) is 18.6. The van der Waals surface area contributed by atoms with E-state index in [9.17, 15) is 4.79 Å². The van der Waals surface area contributed by atoms with E-state index in [0.717, 1.165) is 71.6 Å². The van der Waals surface area contributed by atoms with Crippen LogP contribution in [0.3, 0.4) is 0 Å². The Kier molecular flexibility index (Phi) is 9.57. The molecule has 0 bridgehead atoms. The number of nitrogens with one attached hydrogen (secondary N) is 1. The summed E-state index contributed by atoms with van der Waals surface area (Å²) in [4.78, 5) is 17.2. The van der Waals surface area contributed by atoms with Crippen LogP contribution in [0.5, 0.6) is 11.5 Å². The van der Waals surface area contributed by atoms with Gasteiger partial charge in [-0.25, -0.2) is 4.98 Å². The van der Waals surface area contributed by atoms with E-state index < -0.39 is 0 Å². The molecule has 4 aromatic rings. The van der Waals surface area contributed by atoms with Crippen molar-refractivity contribution in [2.45, 2.75) is 45.6 Å². The quantitative estimate of drug-likeness (QED) is 0.159. The van der Waals surface area contributed by atoms with Crippen LogP contribution in [0.25, 0.3) is 11.0 Å². The van der Waals surface area contributed by atoms with E-state index in [0.29, 0.717) is 25.3 Å². The highest BCUT2D eigenvalue weighted by Gasteiger charge is 2.12. The number of amides is 1. The van der Waals surface area contributed by atoms with Gasteiger partial charge in [0.15, 0.2) is 11.5 Å². The summed E-state index contributed by atoms with van der Waals surface area (Å²) in [6.07, 6.45) is 6.50. The maximum Gasteiger partial charge on any atom is 0.251 e. The average molecular weight is 512 g/mol. The van der Waals surface area contributed by atoms with Crippen molar-refractivity contribution in [1.29, 1.82) is 0 Å². The van der Waals surface area contributed by atoms with Gasteiger partial charge < -0.3 is 19.4 Å². The van der Waals surface area contributed by atoms with Gasteiger partial charge in [-0.05, 0) is 68.1 Å². The van der Waals surface area contributed by atoms with Crippen molar-refractivity contribution in [2.24, 2.45) is 0 Å². The van der Waals surface area contributed by atoms with Crippen LogP contribution in [-0.2, 0) is 19.4 Å². The number of methoxy groups -OCH3 is 1. The Morgan fingerprint density at radius 2 is 1.84 bits per heavy atom. The van der Waals surface area contributed by atoms with Crippen LogP contribution in [0.2, 0.25) is 0 Å². The predicted octanol–water partition coefficient (Wildman–Crippen LogP) is 6.30. The molecule has 1 N–H and O–H groups in total. The van der Waals surface area contributed by atoms with Gasteiger partial charge in [0, 0.05) is 18.5 Å². The number of nitrogens with zero attached hydrogens (tertiary/aromatic N) is 2. The first kappa shape index (κ1) is 27.0. The Bertz CT molecular complexity index is 1360. The first-order valence-corrected chi connectivity index (χ1v) is 13.3. The molecule has 0 saturated carbocycles. The van der Waals surface area contributed by atoms with Gasteiger partial charge in [0.25, 0.3) is 5.91 Å². The van der Waals surface area contributed by atoms with Gasteiger partial charge in [0.1, 0.15) is 12.4 Å². The number of benzene rings is 3. The second-order valence-corrected chi connectivity index (χ2v) is 9.43. The van der Waals surface area contributed by atoms with Crippen molar-refractivity contribution in [3.8, 4) is 11.5 Å². The molecule has 1 aromatic heterocycles. The molecule has 3 aromatic carbocycles. The van der Waals surface area contributed by atoms with Crippen molar-refractivity contribution in [3.05, 3.63) is 102 Å². The number of imidazole rings is 1. The second-order valence-electron chi connectivity index (χ2n) is 9.43. The van der Waals surface area contributed by atoms with Crippen molar-refractivity contribution in [3.63, 3.8) is 0 Å². The van der Waals surface area contributed by atoms with Crippen molar-refractivity contribution in [2.75, 3.05) is 20.3 Å². The molecule has 0 atom stereocenters. The molecule has 6 heteroatoms. The maximum absolute atomic E-state index is 12.3. The van der Waals surface area contributed by atoms with Crippen molar-refractivity contribution in [1.82, 2.24) is 14.9 Å². The van der Waals surface area contributed by atoms with E-state index in [1.807, 2.05) is 67.6 Å². The number of fused-ring (bicyclic) bond motifs is 1. The minimum absolute atomic E-state index is 0.0150. The molecule has 0 aliphatic rings. The minimum atomic E-state index is -0.0150. The van der Waals surface area contributed by atoms with E-state index in [2.05, 4.69) is 28.6 Å². The summed E-state index contributed by atoms with van der Waals surface area (Å²) in [5, 5.41) is 3.02. The van der Waals surface area contributed by atoms with Gasteiger partial charge >= 0.3 is 0 Å². The third-order valence-electron chi connectivity index (χ3n) is 6.59. The van der Waals surface area contributed by atoms with Crippen LogP contribution in [0.4, 0.5) is 0 Å². The highest BCUT2D eigenvalue weighted by molar-refractivity contribution is 5.94. The Morgan fingerprint density at radius 1 is 1.03 bits per heavy atom. The largest absolute Gasteiger partial charge is 0.493 e. The zero-order valence-corrected chi connectivity index (χ0v) is 22.4. The highest BCUT2D eigenvalue weighted by atomic mass is 16.5. The first-order valence-electron chi connectivity index (χ1n) is 13.3. The molecule has 0 aliphatic heterocycles. The van der Waals surface area contributed by atoms with Gasteiger partial charge in [-0.2, -0.15) is 0 Å². The number of hydrogen-bond donors (Lipinski definition) is 1. The number of para-hydroxylation sites is 2. The lowest BCUT2D eigenvalue weighted by atomic mass is 10.1. The zero-order chi connectivity index (χ0) is 26.7. The lowest BCUT2D eigenvalue weighted by Gasteiger charge is -2.14. The van der Waals surface area contributed by atoms with Crippen LogP contribution >= 0.6 is 0 Å². The number of rotatable bonds is 14. The van der Waals surface area contributed by atoms with Crippen molar-refractivity contribution < 1.29 is 14.3 Å². The van der Waals surface area contributed by atoms with Crippen LogP contribution in [0, 0.1) is 6.92 Å². The summed E-state index contributed by atoms with van der Waals surface area (Å²) in [5.41, 5.74) is 5.11. The number of aryl methyl sites for hydroxylation is 2. The highest BCUT2D eigenvalue weighted by Crippen LogP contribution is 2.28. The van der Waals surface area contributed by atoms with Gasteiger partial charge in [-0.15, -0.1) is 6.58 Å². The van der Waals surface area contributed by atoms with Crippen LogP contribution in [-0.4, -0.2) is 35.7 Å². The van der Waals surface area contributed by atoms with Crippen LogP contribution in [0.1, 0.15) is 46.6 Å². The van der Waals surface area contributed by atoms with Gasteiger partial charge in [0.05, 0.1) is 24.7 Å². The molecular formula is C32H37N3O3. The normalized spacial score (nSPS) is 10.9. The number of carbonyl (C=O) groups is 1. The predicted molar refractivity (Wildman–Crippen MR) is 153 cm³/mol. The molecule has 198 valence electrons. The average Bonchev–Trinajstić information content (AvgIpc) is 3.29. The molecule has 0 aliphatic carbocycles. The molecule has 0 spiro atoms. The fourth-order valence-electron chi connectivity index (χ4n) is 4.53. The molecular weight excluding hydrogens is 474 g/mol. The fourth-order valence-corrected chi connectivity index (χ4v) is 4.53. The Morgan fingerprint density at radius 3 is 2.63 bits per heavy atom. The summed E-state index contributed by atoms with van der Waals surface area (Å²) in [7, 11) is 1.66. The molecule has 4 rings (SSSR count). The van der Waals surface area contributed by atoms with E-state index in [1.165, 1.54) is 0 Å². The summed E-state index contributed by atoms with van der Waals surface area (Å²) in [6.45, 7) is 7.70. The molecule has 1 amide bonds. The monoisotopic (exact) mass is 511 g/mol. The number of allylic oxidation sites excluding steroid dienone is 1. The zero-order valence-electron chi connectivity index (χ0n) is 22.4. The van der Waals surface area contributed by atoms with E-state index in [1.54, 1.807) is 7.11 Å². The van der Waals surface area contributed by atoms with Crippen molar-refractivity contribution >= 4 is 16.9 Å². The van der Waals surface area contributed by atoms with Gasteiger partial charge in [-0.1, -0.05) is 48.4 Å². The lowest BCUT2D eigenvalue weighted by molar-refractivity contribution is 0.0953. The topological polar surface area (TPSA) is 65.4 Å². The van der Waals surface area contributed by atoms with Crippen LogP contribution < -0.4 is 14.8 Å². The Balaban J connectivity index is 1.29. The van der Waals surface area contributed by atoms with Gasteiger partial charge in [-0.3, -0.25) is 4.79 Å². The number of hydrogen-bond acceptors (Lipinski definition) is 4. The smallest absolute Gasteiger partial charge is 0.251 e. The Labute approximate surface area is 225 Å². The maximum atomic E-state index is 12.3. The minimum Gasteiger partial charge on any atom is -0.493 e. The molecule has 0 radical (unpaired) electrons. The standard InChI is InChI=1S/C32H37N3O3/c1-4-10-25-16-19-29(30(23-25)37-3)38-22-21-35-28-12-8-7-11-27(28)34-31(35)13-6-5-9-20-33-32(36)26-17-14-24(2)15-18-26/h4,7-8,11-12,14-19,23H,1,5-6,9-10,13,20-22H2,2-3H3,(H,33,36). The number of unbranched alkanes of at least 4 members (excludes halogenated alkanes) is 2. The lowest BCUT2D eigenvalue weighted by Crippen LogP contribution is -2.24. The summed E-state index contributed by atoms with van der Waals surface area (Å²) >= 11 is 0. The third-order valence-corrected chi connectivity index (χ3v) is 6.59. The summed E-state index contributed by atoms with van der Waals surface area (Å²) in [6, 6.07) is 21.9. The number of ether oxygens (including phenoxy) is 2. The molecule has 0 unspecified atom stereocenters. The summed E-state index contributed by atoms with van der Waals surface area (Å²) < 4.78 is 13.9. The summed E-state index contributed by atoms with van der Waals surface area (Å²) in [5.74, 6) is 2.51. The second kappa shape index (κ2) is 13.5.